The van der Waals surface area contributed by atoms with Crippen LogP contribution in [0.5, 0.6) is 0 Å². The van der Waals surface area contributed by atoms with Gasteiger partial charge in [-0.1, -0.05) is 19.1 Å². The van der Waals surface area contributed by atoms with Crippen molar-refractivity contribution < 1.29 is 18.2 Å². The van der Waals surface area contributed by atoms with E-state index in [1.807, 2.05) is 0 Å². The Balaban J connectivity index is 1.46. The first-order chi connectivity index (χ1) is 14.5. The number of carbonyl (C=O) groups excluding carboxylic acids is 2. The van der Waals surface area contributed by atoms with Crippen LogP contribution in [-0.2, 0) is 15.6 Å². The van der Waals surface area contributed by atoms with Crippen LogP contribution < -0.4 is 10.2 Å². The van der Waals surface area contributed by atoms with Crippen LogP contribution in [0.4, 0.5) is 10.1 Å². The summed E-state index contributed by atoms with van der Waals surface area (Å²) in [5, 5.41) is 2.76. The van der Waals surface area contributed by atoms with E-state index in [-0.39, 0.29) is 30.6 Å². The lowest BCUT2D eigenvalue weighted by Crippen LogP contribution is -2.49. The number of halogens is 1. The molecule has 0 aliphatic carbocycles. The van der Waals surface area contributed by atoms with E-state index in [2.05, 4.69) is 10.2 Å². The van der Waals surface area contributed by atoms with Gasteiger partial charge in [-0.3, -0.25) is 13.8 Å². The molecule has 1 aliphatic rings. The summed E-state index contributed by atoms with van der Waals surface area (Å²) in [6.45, 7) is 4.56. The Morgan fingerprint density at radius 2 is 1.70 bits per heavy atom. The Hall–Kier alpha value is -2.74. The van der Waals surface area contributed by atoms with E-state index in [9.17, 15) is 18.2 Å². The molecule has 1 unspecified atom stereocenters. The van der Waals surface area contributed by atoms with Gasteiger partial charge in [0.05, 0.1) is 21.3 Å². The Labute approximate surface area is 178 Å². The zero-order valence-corrected chi connectivity index (χ0v) is 17.8. The summed E-state index contributed by atoms with van der Waals surface area (Å²) in [4.78, 5) is 29.4. The Kier molecular flexibility index (Phi) is 7.57. The quantitative estimate of drug-likeness (QED) is 0.731. The number of nitrogens with zero attached hydrogens (tertiary/aromatic N) is 2. The summed E-state index contributed by atoms with van der Waals surface area (Å²) >= 11 is 0. The highest BCUT2D eigenvalue weighted by Crippen LogP contribution is 2.17. The average Bonchev–Trinajstić information content (AvgIpc) is 2.79. The molecule has 2 aromatic carbocycles. The maximum absolute atomic E-state index is 13.1. The Morgan fingerprint density at radius 1 is 1.03 bits per heavy atom. The van der Waals surface area contributed by atoms with Crippen molar-refractivity contribution in [2.45, 2.75) is 18.2 Å². The molecule has 0 saturated carbocycles. The average molecular weight is 432 g/mol. The third kappa shape index (κ3) is 5.44. The van der Waals surface area contributed by atoms with Crippen molar-refractivity contribution in [3.05, 3.63) is 59.9 Å². The summed E-state index contributed by atoms with van der Waals surface area (Å²) < 4.78 is 25.2. The van der Waals surface area contributed by atoms with Gasteiger partial charge in [-0.15, -0.1) is 0 Å². The summed E-state index contributed by atoms with van der Waals surface area (Å²) in [5.41, 5.74) is 1.33. The van der Waals surface area contributed by atoms with Crippen LogP contribution in [0.15, 0.2) is 53.4 Å². The van der Waals surface area contributed by atoms with Gasteiger partial charge in [0, 0.05) is 50.6 Å². The number of benzene rings is 2. The van der Waals surface area contributed by atoms with Gasteiger partial charge in [0.15, 0.2) is 0 Å². The molecule has 1 N–H and O–H groups in total. The molecule has 1 aliphatic heterocycles. The first-order valence-corrected chi connectivity index (χ1v) is 11.4. The van der Waals surface area contributed by atoms with Crippen LogP contribution in [0.25, 0.3) is 0 Å². The lowest BCUT2D eigenvalue weighted by molar-refractivity contribution is -0.131. The fourth-order valence-electron chi connectivity index (χ4n) is 3.41. The van der Waals surface area contributed by atoms with Crippen molar-refractivity contribution in [2.75, 3.05) is 43.4 Å². The number of piperazine rings is 1. The van der Waals surface area contributed by atoms with Gasteiger partial charge in [0.2, 0.25) is 5.91 Å². The van der Waals surface area contributed by atoms with Gasteiger partial charge in [-0.2, -0.15) is 0 Å². The number of carbonyl (C=O) groups is 2. The van der Waals surface area contributed by atoms with Crippen LogP contribution in [0.2, 0.25) is 0 Å². The number of hydrogen-bond acceptors (Lipinski definition) is 4. The third-order valence-corrected chi connectivity index (χ3v) is 6.46. The van der Waals surface area contributed by atoms with E-state index >= 15 is 0 Å². The highest BCUT2D eigenvalue weighted by atomic mass is 32.2. The van der Waals surface area contributed by atoms with E-state index < -0.39 is 10.8 Å². The van der Waals surface area contributed by atoms with E-state index in [0.29, 0.717) is 42.4 Å². The number of hydrogen-bond donors (Lipinski definition) is 1. The molecular formula is C22H26FN3O3S. The van der Waals surface area contributed by atoms with Gasteiger partial charge in [0.1, 0.15) is 5.82 Å². The molecule has 1 fully saturated rings. The Bertz CT molecular complexity index is 912. The molecule has 0 aromatic heterocycles. The molecule has 3 rings (SSSR count). The molecule has 1 saturated heterocycles. The molecule has 0 spiro atoms. The standard InChI is InChI=1S/C22H26FN3O3S/c1-2-30(29)20-6-4-3-5-19(20)22(28)24-12-11-21(27)26-15-13-25(14-16-26)18-9-7-17(23)8-10-18/h3-10H,2,11-16H2,1H3,(H,24,28). The molecule has 2 aromatic rings. The lowest BCUT2D eigenvalue weighted by Gasteiger charge is -2.36. The minimum absolute atomic E-state index is 0.0144. The van der Waals surface area contributed by atoms with E-state index in [1.54, 1.807) is 48.2 Å². The van der Waals surface area contributed by atoms with Crippen molar-refractivity contribution in [1.82, 2.24) is 10.2 Å². The van der Waals surface area contributed by atoms with E-state index in [1.165, 1.54) is 12.1 Å². The molecule has 0 radical (unpaired) electrons. The molecule has 8 heteroatoms. The molecule has 2 amide bonds. The van der Waals surface area contributed by atoms with E-state index in [4.69, 9.17) is 0 Å². The molecule has 0 bridgehead atoms. The van der Waals surface area contributed by atoms with Gasteiger partial charge < -0.3 is 15.1 Å². The van der Waals surface area contributed by atoms with Crippen LogP contribution in [0, 0.1) is 5.82 Å². The van der Waals surface area contributed by atoms with Crippen molar-refractivity contribution in [3.8, 4) is 0 Å². The van der Waals surface area contributed by atoms with Crippen molar-refractivity contribution in [1.29, 1.82) is 0 Å². The second kappa shape index (κ2) is 10.3. The predicted molar refractivity (Wildman–Crippen MR) is 116 cm³/mol. The zero-order chi connectivity index (χ0) is 21.5. The third-order valence-electron chi connectivity index (χ3n) is 5.09. The number of anilines is 1. The van der Waals surface area contributed by atoms with Crippen molar-refractivity contribution >= 4 is 28.3 Å². The lowest BCUT2D eigenvalue weighted by atomic mass is 10.2. The molecule has 1 atom stereocenters. The highest BCUT2D eigenvalue weighted by molar-refractivity contribution is 7.85. The number of nitrogens with one attached hydrogen (secondary N) is 1. The second-order valence-electron chi connectivity index (χ2n) is 6.98. The summed E-state index contributed by atoms with van der Waals surface area (Å²) in [7, 11) is -1.22. The first-order valence-electron chi connectivity index (χ1n) is 10.0. The SMILES string of the molecule is CCS(=O)c1ccccc1C(=O)NCCC(=O)N1CCN(c2ccc(F)cc2)CC1. The largest absolute Gasteiger partial charge is 0.368 e. The molecule has 6 nitrogen and oxygen atoms in total. The summed E-state index contributed by atoms with van der Waals surface area (Å²) in [6.07, 6.45) is 0.210. The minimum Gasteiger partial charge on any atom is -0.368 e. The predicted octanol–water partition coefficient (Wildman–Crippen LogP) is 2.42. The maximum Gasteiger partial charge on any atom is 0.252 e. The monoisotopic (exact) mass is 431 g/mol. The highest BCUT2D eigenvalue weighted by Gasteiger charge is 2.21. The first kappa shape index (κ1) is 22.0. The van der Waals surface area contributed by atoms with Crippen molar-refractivity contribution in [2.24, 2.45) is 0 Å². The molecule has 1 heterocycles. The van der Waals surface area contributed by atoms with Crippen LogP contribution in [0.3, 0.4) is 0 Å². The summed E-state index contributed by atoms with van der Waals surface area (Å²) in [5.74, 6) is -0.161. The minimum atomic E-state index is -1.22. The van der Waals surface area contributed by atoms with Crippen molar-refractivity contribution in [3.63, 3.8) is 0 Å². The normalized spacial score (nSPS) is 15.0. The number of rotatable bonds is 7. The second-order valence-corrected chi connectivity index (χ2v) is 8.69. The fourth-order valence-corrected chi connectivity index (χ4v) is 4.36. The Morgan fingerprint density at radius 3 is 2.37 bits per heavy atom. The van der Waals surface area contributed by atoms with Gasteiger partial charge >= 0.3 is 0 Å². The molecule has 160 valence electrons. The zero-order valence-electron chi connectivity index (χ0n) is 17.0. The number of amides is 2. The van der Waals surface area contributed by atoms with Crippen LogP contribution in [0.1, 0.15) is 23.7 Å². The van der Waals surface area contributed by atoms with Gasteiger partial charge in [-0.05, 0) is 36.4 Å². The molecular weight excluding hydrogens is 405 g/mol. The van der Waals surface area contributed by atoms with Gasteiger partial charge in [-0.25, -0.2) is 4.39 Å². The van der Waals surface area contributed by atoms with Crippen LogP contribution in [-0.4, -0.2) is 59.4 Å². The van der Waals surface area contributed by atoms with E-state index in [0.717, 1.165) is 5.69 Å². The summed E-state index contributed by atoms with van der Waals surface area (Å²) in [6, 6.07) is 13.2. The molecule has 30 heavy (non-hydrogen) atoms. The smallest absolute Gasteiger partial charge is 0.252 e. The van der Waals surface area contributed by atoms with Gasteiger partial charge in [0.25, 0.3) is 5.91 Å². The van der Waals surface area contributed by atoms with Crippen LogP contribution >= 0.6 is 0 Å². The topological polar surface area (TPSA) is 69.7 Å². The maximum atomic E-state index is 13.1. The fraction of sp³-hybridized carbons (Fsp3) is 0.364.